The van der Waals surface area contributed by atoms with Crippen molar-refractivity contribution in [3.63, 3.8) is 0 Å². The maximum atomic E-state index is 13.6. The van der Waals surface area contributed by atoms with E-state index in [1.165, 1.54) is 6.07 Å². The Balaban J connectivity index is 1.97. The first kappa shape index (κ1) is 16.1. The van der Waals surface area contributed by atoms with E-state index in [1.807, 2.05) is 48.5 Å². The van der Waals surface area contributed by atoms with Crippen LogP contribution in [0.2, 0.25) is 0 Å². The Bertz CT molecular complexity index is 1110. The highest BCUT2D eigenvalue weighted by Crippen LogP contribution is 2.30. The Morgan fingerprint density at radius 2 is 1.73 bits per heavy atom. The van der Waals surface area contributed by atoms with Crippen molar-refractivity contribution in [3.8, 4) is 28.5 Å². The Morgan fingerprint density at radius 1 is 0.885 bits per heavy atom. The minimum atomic E-state index is -0.345. The lowest BCUT2D eigenvalue weighted by molar-refractivity contribution is 0.415. The third-order valence-electron chi connectivity index (χ3n) is 4.20. The fourth-order valence-corrected chi connectivity index (χ4v) is 2.85. The van der Waals surface area contributed by atoms with E-state index in [1.54, 1.807) is 20.1 Å². The zero-order valence-electron chi connectivity index (χ0n) is 14.4. The summed E-state index contributed by atoms with van der Waals surface area (Å²) in [5, 5.41) is 0.934. The molecule has 128 valence electrons. The van der Waals surface area contributed by atoms with Gasteiger partial charge in [-0.1, -0.05) is 30.3 Å². The van der Waals surface area contributed by atoms with Crippen LogP contribution in [0.25, 0.3) is 33.7 Å². The van der Waals surface area contributed by atoms with E-state index in [2.05, 4.69) is 9.97 Å². The molecule has 2 aromatic heterocycles. The Hall–Kier alpha value is -3.34. The van der Waals surface area contributed by atoms with E-state index in [4.69, 9.17) is 9.72 Å². The van der Waals surface area contributed by atoms with Crippen LogP contribution in [0.15, 0.2) is 60.7 Å². The van der Waals surface area contributed by atoms with E-state index < -0.39 is 0 Å². The summed E-state index contributed by atoms with van der Waals surface area (Å²) in [5.74, 6) is 0.870. The number of methoxy groups -OCH3 is 1. The standard InChI is InChI=1S/C21H16FN3O/c1-13-17(22)10-11-19(23-13)21-24-18-9-4-3-8-16(18)20(25-21)14-6-5-7-15(12-14)26-2/h3-12H,1-2H3. The van der Waals surface area contributed by atoms with Crippen LogP contribution >= 0.6 is 0 Å². The van der Waals surface area contributed by atoms with Crippen LogP contribution in [0, 0.1) is 12.7 Å². The monoisotopic (exact) mass is 345 g/mol. The van der Waals surface area contributed by atoms with Gasteiger partial charge in [-0.2, -0.15) is 0 Å². The van der Waals surface area contributed by atoms with Crippen LogP contribution in [-0.4, -0.2) is 22.1 Å². The predicted octanol–water partition coefficient (Wildman–Crippen LogP) is 4.81. The van der Waals surface area contributed by atoms with Gasteiger partial charge in [0.15, 0.2) is 5.82 Å². The highest BCUT2D eigenvalue weighted by molar-refractivity contribution is 5.93. The van der Waals surface area contributed by atoms with Crippen molar-refractivity contribution in [3.05, 3.63) is 72.2 Å². The zero-order valence-corrected chi connectivity index (χ0v) is 14.4. The van der Waals surface area contributed by atoms with Gasteiger partial charge >= 0.3 is 0 Å². The molecule has 26 heavy (non-hydrogen) atoms. The molecule has 0 bridgehead atoms. The molecule has 0 saturated heterocycles. The molecule has 4 aromatic rings. The summed E-state index contributed by atoms with van der Waals surface area (Å²) in [4.78, 5) is 13.6. The van der Waals surface area contributed by atoms with E-state index in [0.717, 1.165) is 27.9 Å². The first-order valence-electron chi connectivity index (χ1n) is 8.20. The second-order valence-corrected chi connectivity index (χ2v) is 5.91. The number of para-hydroxylation sites is 1. The number of benzene rings is 2. The molecule has 2 aromatic carbocycles. The van der Waals surface area contributed by atoms with Gasteiger partial charge < -0.3 is 4.74 Å². The number of fused-ring (bicyclic) bond motifs is 1. The molecule has 5 heteroatoms. The van der Waals surface area contributed by atoms with E-state index in [-0.39, 0.29) is 5.82 Å². The number of ether oxygens (including phenoxy) is 1. The molecule has 0 fully saturated rings. The van der Waals surface area contributed by atoms with Gasteiger partial charge in [0.2, 0.25) is 0 Å². The number of rotatable bonds is 3. The summed E-state index contributed by atoms with van der Waals surface area (Å²) in [6, 6.07) is 18.5. The molecule has 4 rings (SSSR count). The van der Waals surface area contributed by atoms with Gasteiger partial charge in [-0.3, -0.25) is 0 Å². The highest BCUT2D eigenvalue weighted by atomic mass is 19.1. The van der Waals surface area contributed by atoms with Crippen molar-refractivity contribution in [2.75, 3.05) is 7.11 Å². The van der Waals surface area contributed by atoms with Gasteiger partial charge in [0.05, 0.1) is 24.0 Å². The molecule has 0 spiro atoms. The summed E-state index contributed by atoms with van der Waals surface area (Å²) in [6.07, 6.45) is 0. The van der Waals surface area contributed by atoms with E-state index in [9.17, 15) is 4.39 Å². The molecule has 0 saturated carbocycles. The molecule has 4 nitrogen and oxygen atoms in total. The Morgan fingerprint density at radius 3 is 2.54 bits per heavy atom. The SMILES string of the molecule is COc1cccc(-c2nc(-c3ccc(F)c(C)n3)nc3ccccc23)c1. The van der Waals surface area contributed by atoms with Crippen molar-refractivity contribution in [1.29, 1.82) is 0 Å². The summed E-state index contributed by atoms with van der Waals surface area (Å²) >= 11 is 0. The lowest BCUT2D eigenvalue weighted by Gasteiger charge is -2.10. The van der Waals surface area contributed by atoms with Crippen molar-refractivity contribution >= 4 is 10.9 Å². The molecule has 0 atom stereocenters. The van der Waals surface area contributed by atoms with Gasteiger partial charge in [-0.25, -0.2) is 19.3 Å². The molecule has 0 aliphatic heterocycles. The fraction of sp³-hybridized carbons (Fsp3) is 0.0952. The number of aryl methyl sites for hydroxylation is 1. The average molecular weight is 345 g/mol. The van der Waals surface area contributed by atoms with Crippen molar-refractivity contribution < 1.29 is 9.13 Å². The number of halogens is 1. The Labute approximate surface area is 150 Å². The smallest absolute Gasteiger partial charge is 0.179 e. The lowest BCUT2D eigenvalue weighted by Crippen LogP contribution is -1.98. The van der Waals surface area contributed by atoms with E-state index in [0.29, 0.717) is 17.2 Å². The second kappa shape index (κ2) is 6.52. The maximum absolute atomic E-state index is 13.6. The van der Waals surface area contributed by atoms with Gasteiger partial charge in [-0.15, -0.1) is 0 Å². The molecule has 0 amide bonds. The molecular weight excluding hydrogens is 329 g/mol. The number of nitrogens with zero attached hydrogens (tertiary/aromatic N) is 3. The van der Waals surface area contributed by atoms with Gasteiger partial charge in [0.1, 0.15) is 17.3 Å². The number of pyridine rings is 1. The number of aromatic nitrogens is 3. The first-order chi connectivity index (χ1) is 12.7. The van der Waals surface area contributed by atoms with Crippen LogP contribution in [0.3, 0.4) is 0 Å². The molecule has 2 heterocycles. The largest absolute Gasteiger partial charge is 0.497 e. The Kier molecular flexibility index (Phi) is 4.05. The van der Waals surface area contributed by atoms with Crippen LogP contribution in [0.1, 0.15) is 5.69 Å². The lowest BCUT2D eigenvalue weighted by atomic mass is 10.1. The maximum Gasteiger partial charge on any atom is 0.179 e. The van der Waals surface area contributed by atoms with Gasteiger partial charge in [0.25, 0.3) is 0 Å². The summed E-state index contributed by atoms with van der Waals surface area (Å²) in [6.45, 7) is 1.63. The molecular formula is C21H16FN3O. The third-order valence-corrected chi connectivity index (χ3v) is 4.20. The second-order valence-electron chi connectivity index (χ2n) is 5.91. The van der Waals surface area contributed by atoms with Crippen LogP contribution in [0.5, 0.6) is 5.75 Å². The quantitative estimate of drug-likeness (QED) is 0.534. The van der Waals surface area contributed by atoms with Crippen LogP contribution in [-0.2, 0) is 0 Å². The summed E-state index contributed by atoms with van der Waals surface area (Å²) in [5.41, 5.74) is 3.37. The summed E-state index contributed by atoms with van der Waals surface area (Å²) in [7, 11) is 1.63. The molecule has 0 radical (unpaired) electrons. The first-order valence-corrected chi connectivity index (χ1v) is 8.20. The summed E-state index contributed by atoms with van der Waals surface area (Å²) < 4.78 is 18.9. The van der Waals surface area contributed by atoms with Gasteiger partial charge in [-0.05, 0) is 37.3 Å². The minimum Gasteiger partial charge on any atom is -0.497 e. The van der Waals surface area contributed by atoms with Gasteiger partial charge in [0, 0.05) is 10.9 Å². The van der Waals surface area contributed by atoms with Crippen molar-refractivity contribution in [2.45, 2.75) is 6.92 Å². The van der Waals surface area contributed by atoms with Crippen molar-refractivity contribution in [1.82, 2.24) is 15.0 Å². The third kappa shape index (κ3) is 2.88. The van der Waals surface area contributed by atoms with Crippen LogP contribution in [0.4, 0.5) is 4.39 Å². The molecule has 0 aliphatic carbocycles. The number of hydrogen-bond acceptors (Lipinski definition) is 4. The topological polar surface area (TPSA) is 47.9 Å². The zero-order chi connectivity index (χ0) is 18.1. The number of hydrogen-bond donors (Lipinski definition) is 0. The molecule has 0 N–H and O–H groups in total. The molecule has 0 unspecified atom stereocenters. The average Bonchev–Trinajstić information content (AvgIpc) is 2.69. The normalized spacial score (nSPS) is 10.9. The minimum absolute atomic E-state index is 0.321. The van der Waals surface area contributed by atoms with E-state index >= 15 is 0 Å². The molecule has 0 aliphatic rings. The predicted molar refractivity (Wildman–Crippen MR) is 99.5 cm³/mol. The van der Waals surface area contributed by atoms with Crippen molar-refractivity contribution in [2.24, 2.45) is 0 Å². The fourth-order valence-electron chi connectivity index (χ4n) is 2.85. The highest BCUT2D eigenvalue weighted by Gasteiger charge is 2.13. The van der Waals surface area contributed by atoms with Crippen LogP contribution < -0.4 is 4.74 Å².